The Morgan fingerprint density at radius 3 is 2.59 bits per heavy atom. The van der Waals surface area contributed by atoms with Crippen molar-refractivity contribution in [3.8, 4) is 5.75 Å². The number of carbonyl (C=O) groups excluding carboxylic acids is 3. The van der Waals surface area contributed by atoms with E-state index in [1.165, 1.54) is 9.80 Å². The lowest BCUT2D eigenvalue weighted by Gasteiger charge is -2.47. The van der Waals surface area contributed by atoms with Crippen molar-refractivity contribution in [2.45, 2.75) is 31.5 Å². The van der Waals surface area contributed by atoms with Crippen LogP contribution < -0.4 is 15.0 Å². The topological polar surface area (TPSA) is 79.0 Å². The van der Waals surface area contributed by atoms with Gasteiger partial charge in [0.25, 0.3) is 11.8 Å². The number of anilines is 1. The van der Waals surface area contributed by atoms with Crippen LogP contribution in [0.4, 0.5) is 5.69 Å². The molecule has 0 bridgehead atoms. The van der Waals surface area contributed by atoms with E-state index in [1.54, 1.807) is 38.4 Å². The standard InChI is InChI=1S/C22H23N3O4/c1-14(15-8-5-7-11-18(15)29-3)23-21(28)22-13-12-19(26)25(22)17-10-6-4-9-16(17)20(27)24(22)2/h4-11,14H,12-13H2,1-3H3,(H,23,28)/t14-,22-/m1/s1. The highest BCUT2D eigenvalue weighted by Gasteiger charge is 2.59. The molecule has 0 radical (unpaired) electrons. The molecule has 29 heavy (non-hydrogen) atoms. The predicted molar refractivity (Wildman–Crippen MR) is 108 cm³/mol. The maximum Gasteiger partial charge on any atom is 0.267 e. The summed E-state index contributed by atoms with van der Waals surface area (Å²) < 4.78 is 5.40. The summed E-state index contributed by atoms with van der Waals surface area (Å²) in [5, 5.41) is 3.00. The maximum atomic E-state index is 13.6. The van der Waals surface area contributed by atoms with Gasteiger partial charge in [-0.15, -0.1) is 0 Å². The first-order valence-electron chi connectivity index (χ1n) is 9.56. The summed E-state index contributed by atoms with van der Waals surface area (Å²) in [5.74, 6) is -0.161. The number of fused-ring (bicyclic) bond motifs is 3. The number of hydrogen-bond acceptors (Lipinski definition) is 4. The third kappa shape index (κ3) is 2.68. The van der Waals surface area contributed by atoms with Gasteiger partial charge in [-0.05, 0) is 25.1 Å². The first-order chi connectivity index (χ1) is 13.9. The summed E-state index contributed by atoms with van der Waals surface area (Å²) in [7, 11) is 3.16. The fourth-order valence-electron chi connectivity index (χ4n) is 4.34. The fraction of sp³-hybridized carbons (Fsp3) is 0.318. The van der Waals surface area contributed by atoms with Crippen molar-refractivity contribution < 1.29 is 19.1 Å². The van der Waals surface area contributed by atoms with Crippen molar-refractivity contribution in [2.24, 2.45) is 0 Å². The van der Waals surface area contributed by atoms with Gasteiger partial charge in [-0.2, -0.15) is 0 Å². The molecule has 2 aromatic carbocycles. The Morgan fingerprint density at radius 2 is 1.83 bits per heavy atom. The second-order valence-electron chi connectivity index (χ2n) is 7.36. The second-order valence-corrected chi connectivity index (χ2v) is 7.36. The molecule has 1 N–H and O–H groups in total. The van der Waals surface area contributed by atoms with E-state index >= 15 is 0 Å². The van der Waals surface area contributed by atoms with E-state index in [0.29, 0.717) is 17.0 Å². The lowest BCUT2D eigenvalue weighted by Crippen LogP contribution is -2.69. The van der Waals surface area contributed by atoms with Gasteiger partial charge in [0.05, 0.1) is 24.4 Å². The molecular formula is C22H23N3O4. The minimum absolute atomic E-state index is 0.170. The molecule has 0 saturated carbocycles. The van der Waals surface area contributed by atoms with Crippen molar-refractivity contribution in [3.05, 3.63) is 59.7 Å². The largest absolute Gasteiger partial charge is 0.496 e. The van der Waals surface area contributed by atoms with Crippen LogP contribution in [0.15, 0.2) is 48.5 Å². The van der Waals surface area contributed by atoms with Crippen LogP contribution in [0.2, 0.25) is 0 Å². The zero-order chi connectivity index (χ0) is 20.8. The van der Waals surface area contributed by atoms with Gasteiger partial charge in [-0.3, -0.25) is 19.3 Å². The first-order valence-corrected chi connectivity index (χ1v) is 9.56. The summed E-state index contributed by atoms with van der Waals surface area (Å²) >= 11 is 0. The molecule has 0 aromatic heterocycles. The molecule has 4 rings (SSSR count). The Bertz CT molecular complexity index is 1010. The van der Waals surface area contributed by atoms with Crippen molar-refractivity contribution >= 4 is 23.4 Å². The number of nitrogens with one attached hydrogen (secondary N) is 1. The van der Waals surface area contributed by atoms with Crippen molar-refractivity contribution in [1.29, 1.82) is 0 Å². The number of hydrogen-bond donors (Lipinski definition) is 1. The minimum atomic E-state index is -1.38. The molecule has 0 unspecified atom stereocenters. The summed E-state index contributed by atoms with van der Waals surface area (Å²) in [6, 6.07) is 14.0. The number of benzene rings is 2. The number of rotatable bonds is 4. The smallest absolute Gasteiger partial charge is 0.267 e. The van der Waals surface area contributed by atoms with Crippen LogP contribution in [0, 0.1) is 0 Å². The van der Waals surface area contributed by atoms with E-state index in [4.69, 9.17) is 4.74 Å². The predicted octanol–water partition coefficient (Wildman–Crippen LogP) is 2.48. The quantitative estimate of drug-likeness (QED) is 0.866. The molecule has 7 nitrogen and oxygen atoms in total. The molecule has 0 aliphatic carbocycles. The van der Waals surface area contributed by atoms with E-state index in [0.717, 1.165) is 5.56 Å². The normalized spacial score (nSPS) is 21.5. The monoisotopic (exact) mass is 393 g/mol. The summed E-state index contributed by atoms with van der Waals surface area (Å²) in [6.07, 6.45) is 0.440. The van der Waals surface area contributed by atoms with E-state index in [1.807, 2.05) is 31.2 Å². The van der Waals surface area contributed by atoms with Crippen LogP contribution in [0.1, 0.15) is 41.7 Å². The highest BCUT2D eigenvalue weighted by Crippen LogP contribution is 2.44. The highest BCUT2D eigenvalue weighted by molar-refractivity contribution is 6.16. The number of ether oxygens (including phenoxy) is 1. The fourth-order valence-corrected chi connectivity index (χ4v) is 4.34. The molecule has 2 aromatic rings. The number of likely N-dealkylation sites (N-methyl/N-ethyl adjacent to an activating group) is 1. The van der Waals surface area contributed by atoms with Gasteiger partial charge >= 0.3 is 0 Å². The summed E-state index contributed by atoms with van der Waals surface area (Å²) in [6.45, 7) is 1.85. The Kier molecular flexibility index (Phi) is 4.53. The molecule has 2 aliphatic rings. The third-order valence-electron chi connectivity index (χ3n) is 5.86. The Hall–Kier alpha value is -3.35. The second kappa shape index (κ2) is 6.92. The lowest BCUT2D eigenvalue weighted by molar-refractivity contribution is -0.133. The van der Waals surface area contributed by atoms with Crippen LogP contribution in [0.3, 0.4) is 0 Å². The average molecular weight is 393 g/mol. The van der Waals surface area contributed by atoms with Gasteiger partial charge in [0.15, 0.2) is 0 Å². The third-order valence-corrected chi connectivity index (χ3v) is 5.86. The Labute approximate surface area is 169 Å². The average Bonchev–Trinajstić information content (AvgIpc) is 3.10. The molecule has 1 fully saturated rings. The van der Waals surface area contributed by atoms with Crippen LogP contribution in [-0.2, 0) is 9.59 Å². The van der Waals surface area contributed by atoms with E-state index in [-0.39, 0.29) is 36.6 Å². The molecular weight excluding hydrogens is 370 g/mol. The highest BCUT2D eigenvalue weighted by atomic mass is 16.5. The van der Waals surface area contributed by atoms with Gasteiger partial charge in [0.2, 0.25) is 11.6 Å². The van der Waals surface area contributed by atoms with E-state index in [2.05, 4.69) is 5.32 Å². The van der Waals surface area contributed by atoms with E-state index in [9.17, 15) is 14.4 Å². The molecule has 7 heteroatoms. The summed E-state index contributed by atoms with van der Waals surface area (Å²) in [4.78, 5) is 42.2. The molecule has 2 aliphatic heterocycles. The molecule has 1 saturated heterocycles. The van der Waals surface area contributed by atoms with Gasteiger partial charge in [-0.1, -0.05) is 30.3 Å². The van der Waals surface area contributed by atoms with Crippen molar-refractivity contribution in [3.63, 3.8) is 0 Å². The zero-order valence-electron chi connectivity index (χ0n) is 16.6. The van der Waals surface area contributed by atoms with Crippen LogP contribution in [-0.4, -0.2) is 42.4 Å². The zero-order valence-corrected chi connectivity index (χ0v) is 16.6. The Balaban J connectivity index is 1.73. The van der Waals surface area contributed by atoms with Gasteiger partial charge in [-0.25, -0.2) is 0 Å². The van der Waals surface area contributed by atoms with Gasteiger partial charge < -0.3 is 15.0 Å². The summed E-state index contributed by atoms with van der Waals surface area (Å²) in [5.41, 5.74) is 0.351. The van der Waals surface area contributed by atoms with Gasteiger partial charge in [0.1, 0.15) is 5.75 Å². The molecule has 2 heterocycles. The minimum Gasteiger partial charge on any atom is -0.496 e. The Morgan fingerprint density at radius 1 is 1.14 bits per heavy atom. The van der Waals surface area contributed by atoms with E-state index < -0.39 is 5.66 Å². The number of para-hydroxylation sites is 2. The number of amides is 3. The molecule has 150 valence electrons. The van der Waals surface area contributed by atoms with Crippen LogP contribution in [0.5, 0.6) is 5.75 Å². The SMILES string of the molecule is COc1ccccc1[C@@H](C)NC(=O)[C@@]12CCC(=O)N1c1ccccc1C(=O)N2C. The maximum absolute atomic E-state index is 13.6. The number of carbonyl (C=O) groups is 3. The van der Waals surface area contributed by atoms with Crippen LogP contribution in [0.25, 0.3) is 0 Å². The van der Waals surface area contributed by atoms with Crippen molar-refractivity contribution in [2.75, 3.05) is 19.1 Å². The molecule has 2 atom stereocenters. The number of methoxy groups -OCH3 is 1. The molecule has 0 spiro atoms. The molecule has 3 amide bonds. The van der Waals surface area contributed by atoms with Crippen LogP contribution >= 0.6 is 0 Å². The van der Waals surface area contributed by atoms with Crippen molar-refractivity contribution in [1.82, 2.24) is 10.2 Å². The van der Waals surface area contributed by atoms with Gasteiger partial charge in [0, 0.05) is 25.5 Å². The first kappa shape index (κ1) is 19.0. The lowest BCUT2D eigenvalue weighted by atomic mass is 9.95. The number of nitrogens with zero attached hydrogens (tertiary/aromatic N) is 2.